The molecule has 0 fully saturated rings. The first-order chi connectivity index (χ1) is 13.6. The monoisotopic (exact) mass is 398 g/mol. The molecule has 0 unspecified atom stereocenters. The van der Waals surface area contributed by atoms with Crippen LogP contribution >= 0.6 is 11.6 Å². The predicted octanol–water partition coefficient (Wildman–Crippen LogP) is 4.10. The SMILES string of the molecule is CCc1nc(Cl)cc(Nc2c(C(=O)N(CC)CC)cnn2-c2ccccc2)n1. The van der Waals surface area contributed by atoms with Crippen molar-refractivity contribution < 1.29 is 4.79 Å². The molecule has 8 heteroatoms. The number of nitrogens with one attached hydrogen (secondary N) is 1. The summed E-state index contributed by atoms with van der Waals surface area (Å²) in [6, 6.07) is 11.3. The van der Waals surface area contributed by atoms with E-state index < -0.39 is 0 Å². The molecule has 2 heterocycles. The summed E-state index contributed by atoms with van der Waals surface area (Å²) in [4.78, 5) is 23.4. The summed E-state index contributed by atoms with van der Waals surface area (Å²) < 4.78 is 1.69. The summed E-state index contributed by atoms with van der Waals surface area (Å²) in [7, 11) is 0. The van der Waals surface area contributed by atoms with Crippen molar-refractivity contribution in [3.8, 4) is 5.69 Å². The van der Waals surface area contributed by atoms with Crippen LogP contribution < -0.4 is 5.32 Å². The minimum Gasteiger partial charge on any atom is -0.339 e. The Morgan fingerprint density at radius 2 is 1.86 bits per heavy atom. The largest absolute Gasteiger partial charge is 0.339 e. The topological polar surface area (TPSA) is 75.9 Å². The van der Waals surface area contributed by atoms with E-state index >= 15 is 0 Å². The maximum atomic E-state index is 13.0. The van der Waals surface area contributed by atoms with Gasteiger partial charge >= 0.3 is 0 Å². The van der Waals surface area contributed by atoms with Crippen molar-refractivity contribution in [3.63, 3.8) is 0 Å². The summed E-state index contributed by atoms with van der Waals surface area (Å²) in [5.41, 5.74) is 1.31. The Balaban J connectivity index is 2.09. The number of hydrogen-bond donors (Lipinski definition) is 1. The van der Waals surface area contributed by atoms with E-state index in [1.807, 2.05) is 51.1 Å². The highest BCUT2D eigenvalue weighted by atomic mass is 35.5. The van der Waals surface area contributed by atoms with Crippen molar-refractivity contribution >= 4 is 29.1 Å². The zero-order valence-electron chi connectivity index (χ0n) is 16.2. The summed E-state index contributed by atoms with van der Waals surface area (Å²) in [6.07, 6.45) is 2.23. The van der Waals surface area contributed by atoms with E-state index in [9.17, 15) is 4.79 Å². The Morgan fingerprint density at radius 1 is 1.14 bits per heavy atom. The van der Waals surface area contributed by atoms with Gasteiger partial charge in [-0.2, -0.15) is 5.10 Å². The maximum absolute atomic E-state index is 13.0. The lowest BCUT2D eigenvalue weighted by Gasteiger charge is -2.19. The molecule has 2 aromatic heterocycles. The first-order valence-corrected chi connectivity index (χ1v) is 9.68. The van der Waals surface area contributed by atoms with Gasteiger partial charge in [-0.15, -0.1) is 0 Å². The minimum atomic E-state index is -0.0921. The van der Waals surface area contributed by atoms with E-state index in [0.717, 1.165) is 5.69 Å². The second kappa shape index (κ2) is 8.84. The van der Waals surface area contributed by atoms with E-state index in [0.29, 0.717) is 47.7 Å². The fourth-order valence-corrected chi connectivity index (χ4v) is 3.08. The van der Waals surface area contributed by atoms with Crippen molar-refractivity contribution in [1.82, 2.24) is 24.6 Å². The first kappa shape index (κ1) is 19.8. The summed E-state index contributed by atoms with van der Waals surface area (Å²) in [5.74, 6) is 1.59. The van der Waals surface area contributed by atoms with Crippen molar-refractivity contribution in [2.24, 2.45) is 0 Å². The van der Waals surface area contributed by atoms with Crippen LogP contribution in [0.2, 0.25) is 5.15 Å². The number of aryl methyl sites for hydroxylation is 1. The standard InChI is InChI=1S/C20H23ClN6O/c1-4-17-23-16(21)12-18(24-17)25-19-15(20(28)26(5-2)6-3)13-22-27(19)14-10-8-7-9-11-14/h7-13H,4-6H2,1-3H3,(H,23,24,25). The minimum absolute atomic E-state index is 0.0921. The molecule has 1 aromatic carbocycles. The molecule has 3 rings (SSSR count). The van der Waals surface area contributed by atoms with E-state index in [-0.39, 0.29) is 5.91 Å². The fourth-order valence-electron chi connectivity index (χ4n) is 2.88. The van der Waals surface area contributed by atoms with Gasteiger partial charge in [0, 0.05) is 25.6 Å². The number of anilines is 2. The number of carbonyl (C=O) groups excluding carboxylic acids is 1. The number of carbonyl (C=O) groups is 1. The second-order valence-electron chi connectivity index (χ2n) is 6.10. The highest BCUT2D eigenvalue weighted by molar-refractivity contribution is 6.29. The van der Waals surface area contributed by atoms with Gasteiger partial charge in [0.15, 0.2) is 0 Å². The Hall–Kier alpha value is -2.93. The number of nitrogens with zero attached hydrogens (tertiary/aromatic N) is 5. The number of hydrogen-bond acceptors (Lipinski definition) is 5. The highest BCUT2D eigenvalue weighted by Crippen LogP contribution is 2.26. The molecule has 0 aliphatic rings. The average Bonchev–Trinajstić information content (AvgIpc) is 3.12. The number of halogens is 1. The second-order valence-corrected chi connectivity index (χ2v) is 6.49. The van der Waals surface area contributed by atoms with Crippen molar-refractivity contribution in [3.05, 3.63) is 59.1 Å². The van der Waals surface area contributed by atoms with Crippen LogP contribution in [0, 0.1) is 0 Å². The molecule has 1 amide bonds. The van der Waals surface area contributed by atoms with Crippen LogP contribution in [0.15, 0.2) is 42.6 Å². The third kappa shape index (κ3) is 4.14. The lowest BCUT2D eigenvalue weighted by Crippen LogP contribution is -2.30. The van der Waals surface area contributed by atoms with Gasteiger partial charge in [-0.1, -0.05) is 36.7 Å². The third-order valence-corrected chi connectivity index (χ3v) is 4.55. The lowest BCUT2D eigenvalue weighted by molar-refractivity contribution is 0.0774. The molecule has 28 heavy (non-hydrogen) atoms. The van der Waals surface area contributed by atoms with Gasteiger partial charge in [0.05, 0.1) is 11.9 Å². The Bertz CT molecular complexity index is 953. The molecule has 0 aliphatic carbocycles. The van der Waals surface area contributed by atoms with Crippen LogP contribution in [0.25, 0.3) is 5.69 Å². The number of benzene rings is 1. The zero-order chi connectivity index (χ0) is 20.1. The molecular formula is C20H23ClN6O. The van der Waals surface area contributed by atoms with Gasteiger partial charge in [0.2, 0.25) is 0 Å². The first-order valence-electron chi connectivity index (χ1n) is 9.30. The van der Waals surface area contributed by atoms with Crippen molar-refractivity contribution in [1.29, 1.82) is 0 Å². The quantitative estimate of drug-likeness (QED) is 0.606. The van der Waals surface area contributed by atoms with E-state index in [1.165, 1.54) is 0 Å². The van der Waals surface area contributed by atoms with Gasteiger partial charge in [0.1, 0.15) is 28.2 Å². The van der Waals surface area contributed by atoms with Crippen LogP contribution in [0.3, 0.4) is 0 Å². The summed E-state index contributed by atoms with van der Waals surface area (Å²) >= 11 is 6.13. The van der Waals surface area contributed by atoms with Gasteiger partial charge in [-0.3, -0.25) is 4.79 Å². The molecule has 146 valence electrons. The van der Waals surface area contributed by atoms with E-state index in [1.54, 1.807) is 21.8 Å². The third-order valence-electron chi connectivity index (χ3n) is 4.35. The Kier molecular flexibility index (Phi) is 6.26. The molecule has 7 nitrogen and oxygen atoms in total. The number of amides is 1. The summed E-state index contributed by atoms with van der Waals surface area (Å²) in [5, 5.41) is 8.03. The number of para-hydroxylation sites is 1. The fraction of sp³-hybridized carbons (Fsp3) is 0.300. The molecule has 0 saturated carbocycles. The average molecular weight is 399 g/mol. The van der Waals surface area contributed by atoms with Crippen LogP contribution in [0.5, 0.6) is 0 Å². The lowest BCUT2D eigenvalue weighted by atomic mass is 10.2. The van der Waals surface area contributed by atoms with Gasteiger partial charge in [-0.25, -0.2) is 14.6 Å². The normalized spacial score (nSPS) is 10.7. The number of rotatable bonds is 7. The van der Waals surface area contributed by atoms with E-state index in [4.69, 9.17) is 11.6 Å². The van der Waals surface area contributed by atoms with Crippen LogP contribution in [0.4, 0.5) is 11.6 Å². The molecule has 0 spiro atoms. The molecule has 0 radical (unpaired) electrons. The molecule has 3 aromatic rings. The van der Waals surface area contributed by atoms with Crippen LogP contribution in [0.1, 0.15) is 37.0 Å². The smallest absolute Gasteiger partial charge is 0.259 e. The van der Waals surface area contributed by atoms with Crippen molar-refractivity contribution in [2.75, 3.05) is 18.4 Å². The molecule has 0 bridgehead atoms. The maximum Gasteiger partial charge on any atom is 0.259 e. The number of aromatic nitrogens is 4. The molecular weight excluding hydrogens is 376 g/mol. The molecule has 0 saturated heterocycles. The molecule has 1 N–H and O–H groups in total. The predicted molar refractivity (Wildman–Crippen MR) is 111 cm³/mol. The Labute approximate surface area is 169 Å². The zero-order valence-corrected chi connectivity index (χ0v) is 16.9. The molecule has 0 aliphatic heterocycles. The van der Waals surface area contributed by atoms with Crippen LogP contribution in [-0.4, -0.2) is 43.6 Å². The summed E-state index contributed by atoms with van der Waals surface area (Å²) in [6.45, 7) is 7.09. The van der Waals surface area contributed by atoms with Crippen molar-refractivity contribution in [2.45, 2.75) is 27.2 Å². The van der Waals surface area contributed by atoms with Gasteiger partial charge < -0.3 is 10.2 Å². The molecule has 0 atom stereocenters. The van der Waals surface area contributed by atoms with E-state index in [2.05, 4.69) is 20.4 Å². The Morgan fingerprint density at radius 3 is 2.50 bits per heavy atom. The van der Waals surface area contributed by atoms with Gasteiger partial charge in [-0.05, 0) is 26.0 Å². The van der Waals surface area contributed by atoms with Crippen LogP contribution in [-0.2, 0) is 6.42 Å². The van der Waals surface area contributed by atoms with Gasteiger partial charge in [0.25, 0.3) is 5.91 Å². The highest BCUT2D eigenvalue weighted by Gasteiger charge is 2.22.